The van der Waals surface area contributed by atoms with E-state index in [1.165, 1.54) is 6.33 Å². The summed E-state index contributed by atoms with van der Waals surface area (Å²) in [7, 11) is 0. The minimum Gasteiger partial charge on any atom is -0.394 e. The van der Waals surface area contributed by atoms with E-state index in [9.17, 15) is 10.2 Å². The quantitative estimate of drug-likeness (QED) is 0.458. The first-order valence-electron chi connectivity index (χ1n) is 5.74. The van der Waals surface area contributed by atoms with Gasteiger partial charge in [0.05, 0.1) is 6.61 Å². The number of hydrogen-bond donors (Lipinski definition) is 4. The van der Waals surface area contributed by atoms with Crippen molar-refractivity contribution in [2.75, 3.05) is 12.3 Å². The van der Waals surface area contributed by atoms with Crippen LogP contribution < -0.4 is 5.73 Å². The fourth-order valence-corrected chi connectivity index (χ4v) is 2.78. The maximum absolute atomic E-state index is 10.5. The Morgan fingerprint density at radius 3 is 3.00 bits per heavy atom. The number of aliphatic hydroxyl groups excluding tert-OH is 2. The lowest BCUT2D eigenvalue weighted by molar-refractivity contribution is -0.164. The molecule has 1 saturated heterocycles. The summed E-state index contributed by atoms with van der Waals surface area (Å²) < 4.78 is 6.98. The SMILES string of the molecule is Nc1ncnc2c1nc1n2[C@@H]2O[C@H](CO)[C@@H](O)[C@]12O. The zero-order valence-electron chi connectivity index (χ0n) is 9.63. The van der Waals surface area contributed by atoms with Gasteiger partial charge in [-0.3, -0.25) is 4.57 Å². The van der Waals surface area contributed by atoms with E-state index in [1.54, 1.807) is 4.57 Å². The average molecular weight is 265 g/mol. The van der Waals surface area contributed by atoms with E-state index in [-0.39, 0.29) is 18.2 Å². The number of fused-ring (bicyclic) bond motifs is 6. The number of rotatable bonds is 1. The van der Waals surface area contributed by atoms with E-state index < -0.39 is 24.0 Å². The number of anilines is 1. The summed E-state index contributed by atoms with van der Waals surface area (Å²) in [5.41, 5.74) is 4.85. The molecule has 0 bridgehead atoms. The summed E-state index contributed by atoms with van der Waals surface area (Å²) in [5, 5.41) is 29.6. The highest BCUT2D eigenvalue weighted by atomic mass is 16.6. The molecule has 5 N–H and O–H groups in total. The minimum absolute atomic E-state index is 0.196. The van der Waals surface area contributed by atoms with E-state index in [4.69, 9.17) is 15.6 Å². The molecule has 4 rings (SSSR count). The van der Waals surface area contributed by atoms with Gasteiger partial charge in [-0.1, -0.05) is 0 Å². The molecule has 0 aliphatic carbocycles. The number of hydrogen-bond acceptors (Lipinski definition) is 8. The second kappa shape index (κ2) is 3.20. The number of nitrogens with zero attached hydrogens (tertiary/aromatic N) is 4. The third kappa shape index (κ3) is 1.03. The van der Waals surface area contributed by atoms with Crippen LogP contribution in [0.3, 0.4) is 0 Å². The lowest BCUT2D eigenvalue weighted by atomic mass is 9.88. The molecule has 19 heavy (non-hydrogen) atoms. The first-order chi connectivity index (χ1) is 9.09. The molecular formula is C10H11N5O4. The molecular weight excluding hydrogens is 254 g/mol. The van der Waals surface area contributed by atoms with Crippen molar-refractivity contribution in [3.63, 3.8) is 0 Å². The number of nitrogen functional groups attached to an aromatic ring is 1. The van der Waals surface area contributed by atoms with E-state index >= 15 is 0 Å². The molecule has 9 heteroatoms. The third-order valence-electron chi connectivity index (χ3n) is 3.76. The van der Waals surface area contributed by atoms with Gasteiger partial charge in [0.15, 0.2) is 34.6 Å². The fraction of sp³-hybridized carbons (Fsp3) is 0.500. The highest BCUT2D eigenvalue weighted by Crippen LogP contribution is 2.54. The zero-order valence-corrected chi connectivity index (χ0v) is 9.63. The van der Waals surface area contributed by atoms with Crippen LogP contribution >= 0.6 is 0 Å². The van der Waals surface area contributed by atoms with Gasteiger partial charge in [0.25, 0.3) is 0 Å². The van der Waals surface area contributed by atoms with Gasteiger partial charge >= 0.3 is 0 Å². The van der Waals surface area contributed by atoms with Crippen molar-refractivity contribution in [2.45, 2.75) is 24.0 Å². The second-order valence-electron chi connectivity index (χ2n) is 4.72. The third-order valence-corrected chi connectivity index (χ3v) is 3.76. The van der Waals surface area contributed by atoms with Crippen molar-refractivity contribution in [1.82, 2.24) is 19.5 Å². The molecule has 2 aliphatic rings. The maximum atomic E-state index is 10.5. The summed E-state index contributed by atoms with van der Waals surface area (Å²) in [6.07, 6.45) is -1.64. The van der Waals surface area contributed by atoms with Crippen LogP contribution in [0.2, 0.25) is 0 Å². The van der Waals surface area contributed by atoms with Crippen LogP contribution in [0, 0.1) is 0 Å². The van der Waals surface area contributed by atoms with E-state index in [1.807, 2.05) is 0 Å². The normalized spacial score (nSPS) is 36.1. The maximum Gasteiger partial charge on any atom is 0.196 e. The summed E-state index contributed by atoms with van der Waals surface area (Å²) in [6.45, 7) is -0.389. The Labute approximate surface area is 106 Å². The van der Waals surface area contributed by atoms with Crippen molar-refractivity contribution >= 4 is 17.0 Å². The molecule has 0 saturated carbocycles. The van der Waals surface area contributed by atoms with Crippen molar-refractivity contribution in [2.24, 2.45) is 0 Å². The lowest BCUT2D eigenvalue weighted by Gasteiger charge is -2.40. The number of nitrogens with two attached hydrogens (primary N) is 1. The average Bonchev–Trinajstić information content (AvgIpc) is 2.85. The van der Waals surface area contributed by atoms with E-state index in [0.717, 1.165) is 0 Å². The van der Waals surface area contributed by atoms with Crippen molar-refractivity contribution < 1.29 is 20.1 Å². The van der Waals surface area contributed by atoms with Crippen molar-refractivity contribution in [3.05, 3.63) is 12.2 Å². The molecule has 2 aliphatic heterocycles. The molecule has 1 fully saturated rings. The number of aromatic nitrogens is 4. The zero-order chi connectivity index (χ0) is 13.4. The Morgan fingerprint density at radius 2 is 2.26 bits per heavy atom. The van der Waals surface area contributed by atoms with Crippen LogP contribution in [0.1, 0.15) is 12.1 Å². The number of ether oxygens (including phenoxy) is 1. The lowest BCUT2D eigenvalue weighted by Crippen LogP contribution is -2.53. The molecule has 0 aromatic carbocycles. The minimum atomic E-state index is -1.64. The highest BCUT2D eigenvalue weighted by Gasteiger charge is 2.67. The number of aliphatic hydroxyl groups is 3. The summed E-state index contributed by atoms with van der Waals surface area (Å²) in [6, 6.07) is 0. The van der Waals surface area contributed by atoms with Gasteiger partial charge in [-0.15, -0.1) is 0 Å². The van der Waals surface area contributed by atoms with Gasteiger partial charge in [-0.05, 0) is 0 Å². The molecule has 4 heterocycles. The number of imidazole rings is 1. The van der Waals surface area contributed by atoms with Gasteiger partial charge < -0.3 is 25.8 Å². The topological polar surface area (TPSA) is 140 Å². The molecule has 0 unspecified atom stereocenters. The molecule has 9 nitrogen and oxygen atoms in total. The largest absolute Gasteiger partial charge is 0.394 e. The highest BCUT2D eigenvalue weighted by molar-refractivity contribution is 5.83. The first kappa shape index (κ1) is 11.1. The fourth-order valence-electron chi connectivity index (χ4n) is 2.78. The van der Waals surface area contributed by atoms with Crippen LogP contribution in [0.4, 0.5) is 5.82 Å². The molecule has 0 spiro atoms. The standard InChI is InChI=1S/C10H11N5O4/c11-6-4-7(13-2-12-6)15-8(14-4)10(18)5(17)3(1-16)19-9(10)15/h2-3,5,9,16-18H,1H2,(H2,11,12,13)/t3-,5-,9-,10+/m1/s1. The molecule has 4 atom stereocenters. The van der Waals surface area contributed by atoms with Crippen molar-refractivity contribution in [1.29, 1.82) is 0 Å². The van der Waals surface area contributed by atoms with Crippen LogP contribution in [0.25, 0.3) is 11.2 Å². The van der Waals surface area contributed by atoms with Crippen LogP contribution in [-0.2, 0) is 10.3 Å². The Morgan fingerprint density at radius 1 is 1.47 bits per heavy atom. The van der Waals surface area contributed by atoms with E-state index in [0.29, 0.717) is 11.2 Å². The van der Waals surface area contributed by atoms with Gasteiger partial charge in [0, 0.05) is 0 Å². The second-order valence-corrected chi connectivity index (χ2v) is 4.72. The Kier molecular flexibility index (Phi) is 1.86. The van der Waals surface area contributed by atoms with Crippen LogP contribution in [-0.4, -0.2) is 53.7 Å². The van der Waals surface area contributed by atoms with Crippen LogP contribution in [0.15, 0.2) is 6.33 Å². The van der Waals surface area contributed by atoms with Gasteiger partial charge in [0.2, 0.25) is 0 Å². The molecule has 0 amide bonds. The van der Waals surface area contributed by atoms with Gasteiger partial charge in [0.1, 0.15) is 18.5 Å². The van der Waals surface area contributed by atoms with Crippen molar-refractivity contribution in [3.8, 4) is 0 Å². The predicted molar refractivity (Wildman–Crippen MR) is 60.6 cm³/mol. The van der Waals surface area contributed by atoms with Crippen LogP contribution in [0.5, 0.6) is 0 Å². The summed E-state index contributed by atoms with van der Waals surface area (Å²) >= 11 is 0. The van der Waals surface area contributed by atoms with E-state index in [2.05, 4.69) is 15.0 Å². The Bertz CT molecular complexity index is 688. The monoisotopic (exact) mass is 265 g/mol. The molecule has 100 valence electrons. The van der Waals surface area contributed by atoms with Gasteiger partial charge in [-0.25, -0.2) is 15.0 Å². The Balaban J connectivity index is 1.94. The smallest absolute Gasteiger partial charge is 0.196 e. The first-order valence-corrected chi connectivity index (χ1v) is 5.74. The Hall–Kier alpha value is -1.81. The molecule has 0 radical (unpaired) electrons. The molecule has 2 aromatic rings. The summed E-state index contributed by atoms with van der Waals surface area (Å²) in [4.78, 5) is 12.1. The summed E-state index contributed by atoms with van der Waals surface area (Å²) in [5.74, 6) is 0.421. The predicted octanol–water partition coefficient (Wildman–Crippen LogP) is -2.14. The van der Waals surface area contributed by atoms with Gasteiger partial charge in [-0.2, -0.15) is 0 Å². The molecule has 2 aromatic heterocycles.